The van der Waals surface area contributed by atoms with E-state index < -0.39 is 0 Å². The lowest BCUT2D eigenvalue weighted by Gasteiger charge is -2.32. The second-order valence-electron chi connectivity index (χ2n) is 5.13. The van der Waals surface area contributed by atoms with Crippen molar-refractivity contribution in [1.82, 2.24) is 20.2 Å². The van der Waals surface area contributed by atoms with Gasteiger partial charge in [-0.3, -0.25) is 4.79 Å². The SMILES string of the molecule is COCCCNC(=O)c1ccnc(N2CCN(C)CC2)n1. The van der Waals surface area contributed by atoms with Crippen LogP contribution < -0.4 is 10.2 Å². The zero-order chi connectivity index (χ0) is 15.1. The van der Waals surface area contributed by atoms with Crippen molar-refractivity contribution in [3.05, 3.63) is 18.0 Å². The molecule has 1 N–H and O–H groups in total. The molecular weight excluding hydrogens is 270 g/mol. The van der Waals surface area contributed by atoms with Gasteiger partial charge in [-0.2, -0.15) is 0 Å². The standard InChI is InChI=1S/C14H23N5O2/c1-18-7-9-19(10-8-18)14-16-6-4-12(17-14)13(20)15-5-3-11-21-2/h4,6H,3,5,7-11H2,1-2H3,(H,15,20). The topological polar surface area (TPSA) is 70.6 Å². The number of aromatic nitrogens is 2. The molecule has 7 heteroatoms. The van der Waals surface area contributed by atoms with Gasteiger partial charge in [-0.15, -0.1) is 0 Å². The maximum Gasteiger partial charge on any atom is 0.270 e. The monoisotopic (exact) mass is 293 g/mol. The number of piperazine rings is 1. The van der Waals surface area contributed by atoms with Crippen molar-refractivity contribution in [2.45, 2.75) is 6.42 Å². The maximum absolute atomic E-state index is 12.0. The van der Waals surface area contributed by atoms with Crippen LogP contribution in [0.3, 0.4) is 0 Å². The Bertz CT molecular complexity index is 460. The highest BCUT2D eigenvalue weighted by atomic mass is 16.5. The molecule has 0 saturated carbocycles. The molecule has 1 aliphatic rings. The Labute approximate surface area is 125 Å². The summed E-state index contributed by atoms with van der Waals surface area (Å²) >= 11 is 0. The lowest BCUT2D eigenvalue weighted by molar-refractivity contribution is 0.0943. The van der Waals surface area contributed by atoms with Crippen molar-refractivity contribution < 1.29 is 9.53 Å². The molecule has 1 saturated heterocycles. The van der Waals surface area contributed by atoms with E-state index in [2.05, 4.69) is 32.1 Å². The molecule has 0 spiro atoms. The first-order valence-electron chi connectivity index (χ1n) is 7.24. The van der Waals surface area contributed by atoms with E-state index in [0.717, 1.165) is 32.6 Å². The van der Waals surface area contributed by atoms with E-state index in [9.17, 15) is 4.79 Å². The summed E-state index contributed by atoms with van der Waals surface area (Å²) in [5, 5.41) is 2.83. The summed E-state index contributed by atoms with van der Waals surface area (Å²) in [7, 11) is 3.75. The number of hydrogen-bond donors (Lipinski definition) is 1. The zero-order valence-electron chi connectivity index (χ0n) is 12.7. The van der Waals surface area contributed by atoms with E-state index in [1.54, 1.807) is 19.4 Å². The van der Waals surface area contributed by atoms with Crippen molar-refractivity contribution >= 4 is 11.9 Å². The first-order chi connectivity index (χ1) is 10.2. The molecule has 0 atom stereocenters. The van der Waals surface area contributed by atoms with Crippen LogP contribution in [0.1, 0.15) is 16.9 Å². The Kier molecular flexibility index (Phi) is 5.89. The molecule has 0 bridgehead atoms. The zero-order valence-corrected chi connectivity index (χ0v) is 12.7. The number of anilines is 1. The van der Waals surface area contributed by atoms with E-state index in [-0.39, 0.29) is 5.91 Å². The van der Waals surface area contributed by atoms with E-state index in [4.69, 9.17) is 4.74 Å². The van der Waals surface area contributed by atoms with Crippen LogP contribution in [0.5, 0.6) is 0 Å². The molecule has 1 aliphatic heterocycles. The number of ether oxygens (including phenoxy) is 1. The highest BCUT2D eigenvalue weighted by Crippen LogP contribution is 2.10. The Morgan fingerprint density at radius 3 is 2.86 bits per heavy atom. The summed E-state index contributed by atoms with van der Waals surface area (Å²) in [6.07, 6.45) is 2.43. The van der Waals surface area contributed by atoms with Gasteiger partial charge < -0.3 is 19.9 Å². The van der Waals surface area contributed by atoms with Gasteiger partial charge in [0.05, 0.1) is 0 Å². The number of likely N-dealkylation sites (N-methyl/N-ethyl adjacent to an activating group) is 1. The minimum atomic E-state index is -0.163. The van der Waals surface area contributed by atoms with Gasteiger partial charge >= 0.3 is 0 Å². The van der Waals surface area contributed by atoms with Gasteiger partial charge in [0.1, 0.15) is 5.69 Å². The summed E-state index contributed by atoms with van der Waals surface area (Å²) in [5.74, 6) is 0.469. The number of rotatable bonds is 6. The molecule has 116 valence electrons. The first-order valence-corrected chi connectivity index (χ1v) is 7.24. The smallest absolute Gasteiger partial charge is 0.270 e. The van der Waals surface area contributed by atoms with Crippen LogP contribution in [-0.2, 0) is 4.74 Å². The van der Waals surface area contributed by atoms with Gasteiger partial charge in [0.2, 0.25) is 5.95 Å². The van der Waals surface area contributed by atoms with E-state index >= 15 is 0 Å². The number of carbonyl (C=O) groups excluding carboxylic acids is 1. The lowest BCUT2D eigenvalue weighted by atomic mass is 10.3. The van der Waals surface area contributed by atoms with Crippen LogP contribution in [0.4, 0.5) is 5.95 Å². The molecule has 0 aliphatic carbocycles. The summed E-state index contributed by atoms with van der Waals surface area (Å²) in [5.41, 5.74) is 0.413. The highest BCUT2D eigenvalue weighted by molar-refractivity contribution is 5.92. The van der Waals surface area contributed by atoms with Gasteiger partial charge in [-0.1, -0.05) is 0 Å². The van der Waals surface area contributed by atoms with Crippen molar-refractivity contribution in [3.8, 4) is 0 Å². The summed E-state index contributed by atoms with van der Waals surface area (Å²) in [6.45, 7) is 4.95. The summed E-state index contributed by atoms with van der Waals surface area (Å²) < 4.78 is 4.95. The van der Waals surface area contributed by atoms with Gasteiger partial charge in [0.25, 0.3) is 5.91 Å². The molecule has 2 heterocycles. The fourth-order valence-corrected chi connectivity index (χ4v) is 2.14. The quantitative estimate of drug-likeness (QED) is 0.744. The Balaban J connectivity index is 1.92. The van der Waals surface area contributed by atoms with Crippen LogP contribution in [-0.4, -0.2) is 74.3 Å². The minimum Gasteiger partial charge on any atom is -0.385 e. The third-order valence-electron chi connectivity index (χ3n) is 3.47. The molecule has 0 aromatic carbocycles. The predicted molar refractivity (Wildman–Crippen MR) is 80.6 cm³/mol. The van der Waals surface area contributed by atoms with Crippen LogP contribution in [0, 0.1) is 0 Å². The van der Waals surface area contributed by atoms with Gasteiger partial charge in [0.15, 0.2) is 0 Å². The molecule has 1 amide bonds. The Morgan fingerprint density at radius 2 is 2.14 bits per heavy atom. The second kappa shape index (κ2) is 7.90. The van der Waals surface area contributed by atoms with E-state index in [1.165, 1.54) is 0 Å². The summed E-state index contributed by atoms with van der Waals surface area (Å²) in [4.78, 5) is 25.1. The van der Waals surface area contributed by atoms with E-state index in [1.807, 2.05) is 0 Å². The molecule has 0 radical (unpaired) electrons. The molecule has 1 aromatic heterocycles. The van der Waals surface area contributed by atoms with Crippen LogP contribution in [0.25, 0.3) is 0 Å². The normalized spacial score (nSPS) is 16.0. The Hall–Kier alpha value is -1.73. The van der Waals surface area contributed by atoms with Crippen molar-refractivity contribution in [3.63, 3.8) is 0 Å². The molecular formula is C14H23N5O2. The third kappa shape index (κ3) is 4.64. The third-order valence-corrected chi connectivity index (χ3v) is 3.47. The number of hydrogen-bond acceptors (Lipinski definition) is 6. The van der Waals surface area contributed by atoms with Gasteiger partial charge in [-0.05, 0) is 19.5 Å². The fraction of sp³-hybridized carbons (Fsp3) is 0.643. The summed E-state index contributed by atoms with van der Waals surface area (Å²) in [6, 6.07) is 1.64. The maximum atomic E-state index is 12.0. The average Bonchev–Trinajstić information content (AvgIpc) is 2.52. The molecule has 1 aromatic rings. The lowest BCUT2D eigenvalue weighted by Crippen LogP contribution is -2.45. The number of nitrogens with one attached hydrogen (secondary N) is 1. The first kappa shape index (κ1) is 15.7. The molecule has 7 nitrogen and oxygen atoms in total. The fourth-order valence-electron chi connectivity index (χ4n) is 2.14. The van der Waals surface area contributed by atoms with Crippen LogP contribution in [0.15, 0.2) is 12.3 Å². The average molecular weight is 293 g/mol. The minimum absolute atomic E-state index is 0.163. The van der Waals surface area contributed by atoms with E-state index in [0.29, 0.717) is 24.8 Å². The predicted octanol–water partition coefficient (Wildman–Crippen LogP) is -0.00530. The van der Waals surface area contributed by atoms with Crippen LogP contribution >= 0.6 is 0 Å². The van der Waals surface area contributed by atoms with Crippen molar-refractivity contribution in [2.24, 2.45) is 0 Å². The highest BCUT2D eigenvalue weighted by Gasteiger charge is 2.17. The number of amides is 1. The molecule has 2 rings (SSSR count). The second-order valence-corrected chi connectivity index (χ2v) is 5.13. The number of methoxy groups -OCH3 is 1. The van der Waals surface area contributed by atoms with Gasteiger partial charge in [-0.25, -0.2) is 9.97 Å². The Morgan fingerprint density at radius 1 is 1.38 bits per heavy atom. The van der Waals surface area contributed by atoms with Crippen molar-refractivity contribution in [2.75, 3.05) is 58.4 Å². The van der Waals surface area contributed by atoms with Crippen molar-refractivity contribution in [1.29, 1.82) is 0 Å². The molecule has 0 unspecified atom stereocenters. The van der Waals surface area contributed by atoms with Gasteiger partial charge in [0, 0.05) is 52.6 Å². The number of nitrogens with zero attached hydrogens (tertiary/aromatic N) is 4. The van der Waals surface area contributed by atoms with Crippen LogP contribution in [0.2, 0.25) is 0 Å². The molecule has 21 heavy (non-hydrogen) atoms. The largest absolute Gasteiger partial charge is 0.385 e. The molecule has 1 fully saturated rings. The number of carbonyl (C=O) groups is 1.